The van der Waals surface area contributed by atoms with Crippen molar-refractivity contribution in [3.8, 4) is 0 Å². The van der Waals surface area contributed by atoms with Crippen molar-refractivity contribution in [1.29, 1.82) is 0 Å². The molecular weight excluding hydrogens is 318 g/mol. The molecule has 1 heterocycles. The van der Waals surface area contributed by atoms with Crippen LogP contribution in [0.5, 0.6) is 0 Å². The number of esters is 1. The molecule has 1 aliphatic heterocycles. The quantitative estimate of drug-likeness (QED) is 0.805. The second-order valence-corrected chi connectivity index (χ2v) is 5.72. The van der Waals surface area contributed by atoms with Crippen molar-refractivity contribution >= 4 is 18.0 Å². The molecule has 25 heavy (non-hydrogen) atoms. The molecule has 1 amide bonds. The van der Waals surface area contributed by atoms with E-state index in [1.807, 2.05) is 42.5 Å². The van der Waals surface area contributed by atoms with Gasteiger partial charge < -0.3 is 4.74 Å². The molecule has 0 N–H and O–H groups in total. The summed E-state index contributed by atoms with van der Waals surface area (Å²) in [6, 6.07) is 14.7. The zero-order chi connectivity index (χ0) is 17.8. The summed E-state index contributed by atoms with van der Waals surface area (Å²) in [5.41, 5.74) is 2.75. The highest BCUT2D eigenvalue weighted by molar-refractivity contribution is 5.99. The molecule has 3 rings (SSSR count). The van der Waals surface area contributed by atoms with Gasteiger partial charge in [-0.2, -0.15) is 0 Å². The Labute approximate surface area is 146 Å². The molecule has 2 aromatic carbocycles. The number of fused-ring (bicyclic) bond motifs is 1. The van der Waals surface area contributed by atoms with Crippen molar-refractivity contribution < 1.29 is 19.2 Å². The van der Waals surface area contributed by atoms with Crippen LogP contribution in [0, 0.1) is 0 Å². The van der Waals surface area contributed by atoms with E-state index in [9.17, 15) is 9.59 Å². The summed E-state index contributed by atoms with van der Waals surface area (Å²) < 4.78 is 4.72. The lowest BCUT2D eigenvalue weighted by molar-refractivity contribution is -0.115. The number of hydrogen-bond donors (Lipinski definition) is 0. The normalized spacial score (nSPS) is 16.8. The fraction of sp³-hybridized carbons (Fsp3) is 0.200. The van der Waals surface area contributed by atoms with Crippen LogP contribution >= 0.6 is 0 Å². The summed E-state index contributed by atoms with van der Waals surface area (Å²) in [5, 5.41) is 1.34. The molecule has 1 atom stereocenters. The van der Waals surface area contributed by atoms with Gasteiger partial charge in [-0.25, -0.2) is 9.86 Å². The number of methoxy groups -OCH3 is 1. The molecule has 0 aromatic heterocycles. The van der Waals surface area contributed by atoms with Crippen molar-refractivity contribution in [2.75, 3.05) is 14.2 Å². The van der Waals surface area contributed by atoms with Gasteiger partial charge in [-0.05, 0) is 29.7 Å². The SMILES string of the molecule is COC(=O)c1ccc2c(c1)C(=O)N(OC)C(/C=C/c1ccccc1)C2. The third-order valence-electron chi connectivity index (χ3n) is 4.20. The van der Waals surface area contributed by atoms with Gasteiger partial charge in [0.25, 0.3) is 5.91 Å². The maximum Gasteiger partial charge on any atom is 0.337 e. The number of nitrogens with zero attached hydrogens (tertiary/aromatic N) is 1. The number of carbonyl (C=O) groups is 2. The van der Waals surface area contributed by atoms with Crippen molar-refractivity contribution in [3.05, 3.63) is 76.9 Å². The van der Waals surface area contributed by atoms with E-state index in [2.05, 4.69) is 0 Å². The van der Waals surface area contributed by atoms with Gasteiger partial charge in [0.05, 0.1) is 25.8 Å². The molecule has 0 fully saturated rings. The molecule has 2 aromatic rings. The van der Waals surface area contributed by atoms with Crippen LogP contribution in [0.1, 0.15) is 31.8 Å². The van der Waals surface area contributed by atoms with E-state index in [1.165, 1.54) is 19.3 Å². The molecule has 128 valence electrons. The maximum atomic E-state index is 12.7. The number of carbonyl (C=O) groups excluding carboxylic acids is 2. The van der Waals surface area contributed by atoms with Gasteiger partial charge in [-0.1, -0.05) is 48.6 Å². The van der Waals surface area contributed by atoms with Crippen LogP contribution in [0.4, 0.5) is 0 Å². The van der Waals surface area contributed by atoms with Gasteiger partial charge in [0, 0.05) is 5.56 Å². The number of amides is 1. The molecule has 1 aliphatic rings. The molecule has 5 nitrogen and oxygen atoms in total. The first kappa shape index (κ1) is 16.9. The van der Waals surface area contributed by atoms with Crippen molar-refractivity contribution in [2.24, 2.45) is 0 Å². The Morgan fingerprint density at radius 1 is 1.16 bits per heavy atom. The van der Waals surface area contributed by atoms with Crippen molar-refractivity contribution in [1.82, 2.24) is 5.06 Å². The highest BCUT2D eigenvalue weighted by Gasteiger charge is 2.32. The Kier molecular flexibility index (Phi) is 4.95. The standard InChI is InChI=1S/C20H19NO4/c1-24-20(23)16-10-9-15-12-17(11-8-14-6-4-3-5-7-14)21(25-2)19(22)18(15)13-16/h3-11,13,17H,12H2,1-2H3/b11-8+. The summed E-state index contributed by atoms with van der Waals surface area (Å²) >= 11 is 0. The lowest BCUT2D eigenvalue weighted by Gasteiger charge is -2.32. The van der Waals surface area contributed by atoms with Crippen LogP contribution in [-0.4, -0.2) is 37.2 Å². The maximum absolute atomic E-state index is 12.7. The van der Waals surface area contributed by atoms with Crippen molar-refractivity contribution in [3.63, 3.8) is 0 Å². The molecule has 1 unspecified atom stereocenters. The average Bonchev–Trinajstić information content (AvgIpc) is 2.66. The lowest BCUT2D eigenvalue weighted by atomic mass is 9.92. The molecule has 0 bridgehead atoms. The number of hydrogen-bond acceptors (Lipinski definition) is 4. The van der Waals surface area contributed by atoms with E-state index >= 15 is 0 Å². The zero-order valence-electron chi connectivity index (χ0n) is 14.1. The Hall–Kier alpha value is -2.92. The number of rotatable bonds is 4. The summed E-state index contributed by atoms with van der Waals surface area (Å²) in [4.78, 5) is 29.7. The monoisotopic (exact) mass is 337 g/mol. The van der Waals surface area contributed by atoms with Gasteiger partial charge in [-0.15, -0.1) is 0 Å². The van der Waals surface area contributed by atoms with E-state index in [1.54, 1.807) is 18.2 Å². The van der Waals surface area contributed by atoms with E-state index in [0.717, 1.165) is 11.1 Å². The first-order valence-corrected chi connectivity index (χ1v) is 7.96. The minimum absolute atomic E-state index is 0.214. The van der Waals surface area contributed by atoms with Gasteiger partial charge >= 0.3 is 5.97 Å². The minimum atomic E-state index is -0.467. The highest BCUT2D eigenvalue weighted by atomic mass is 16.7. The fourth-order valence-electron chi connectivity index (χ4n) is 2.93. The molecule has 5 heteroatoms. The third kappa shape index (κ3) is 3.46. The van der Waals surface area contributed by atoms with E-state index in [4.69, 9.17) is 9.57 Å². The third-order valence-corrected chi connectivity index (χ3v) is 4.20. The second-order valence-electron chi connectivity index (χ2n) is 5.72. The van der Waals surface area contributed by atoms with Gasteiger partial charge in [0.1, 0.15) is 0 Å². The van der Waals surface area contributed by atoms with E-state index in [0.29, 0.717) is 17.5 Å². The largest absolute Gasteiger partial charge is 0.465 e. The van der Waals surface area contributed by atoms with Crippen LogP contribution in [0.25, 0.3) is 6.08 Å². The van der Waals surface area contributed by atoms with E-state index < -0.39 is 5.97 Å². The Morgan fingerprint density at radius 2 is 1.92 bits per heavy atom. The molecule has 0 saturated heterocycles. The molecule has 0 saturated carbocycles. The summed E-state index contributed by atoms with van der Waals surface area (Å²) in [5.74, 6) is -0.733. The van der Waals surface area contributed by atoms with Crippen LogP contribution in [0.15, 0.2) is 54.6 Å². The molecule has 0 spiro atoms. The van der Waals surface area contributed by atoms with Crippen LogP contribution in [-0.2, 0) is 16.0 Å². The topological polar surface area (TPSA) is 55.8 Å². The Morgan fingerprint density at radius 3 is 2.60 bits per heavy atom. The molecule has 0 aliphatic carbocycles. The van der Waals surface area contributed by atoms with Crippen LogP contribution < -0.4 is 0 Å². The predicted octanol–water partition coefficient (Wildman–Crippen LogP) is 3.11. The second kappa shape index (κ2) is 7.32. The number of hydroxylamine groups is 2. The van der Waals surface area contributed by atoms with Crippen molar-refractivity contribution in [2.45, 2.75) is 12.5 Å². The number of benzene rings is 2. The minimum Gasteiger partial charge on any atom is -0.465 e. The molecule has 0 radical (unpaired) electrons. The van der Waals surface area contributed by atoms with E-state index in [-0.39, 0.29) is 11.9 Å². The highest BCUT2D eigenvalue weighted by Crippen LogP contribution is 2.26. The first-order valence-electron chi connectivity index (χ1n) is 7.96. The summed E-state index contributed by atoms with van der Waals surface area (Å²) in [7, 11) is 2.78. The lowest BCUT2D eigenvalue weighted by Crippen LogP contribution is -2.44. The van der Waals surface area contributed by atoms with Gasteiger partial charge in [0.2, 0.25) is 0 Å². The van der Waals surface area contributed by atoms with Gasteiger partial charge in [-0.3, -0.25) is 9.63 Å². The summed E-state index contributed by atoms with van der Waals surface area (Å²) in [6.45, 7) is 0. The van der Waals surface area contributed by atoms with Gasteiger partial charge in [0.15, 0.2) is 0 Å². The Balaban J connectivity index is 1.90. The van der Waals surface area contributed by atoms with Crippen LogP contribution in [0.3, 0.4) is 0 Å². The Bertz CT molecular complexity index is 814. The predicted molar refractivity (Wildman–Crippen MR) is 93.9 cm³/mol. The number of ether oxygens (including phenoxy) is 1. The average molecular weight is 337 g/mol. The fourth-order valence-corrected chi connectivity index (χ4v) is 2.93. The zero-order valence-corrected chi connectivity index (χ0v) is 14.1. The molecular formula is C20H19NO4. The first-order chi connectivity index (χ1) is 12.1. The smallest absolute Gasteiger partial charge is 0.337 e. The summed E-state index contributed by atoms with van der Waals surface area (Å²) in [6.07, 6.45) is 4.53. The van der Waals surface area contributed by atoms with Crippen LogP contribution in [0.2, 0.25) is 0 Å².